The molecular weight excluding hydrogens is 136 g/mol. The minimum atomic E-state index is 0.352. The van der Waals surface area contributed by atoms with Gasteiger partial charge < -0.3 is 0 Å². The van der Waals surface area contributed by atoms with Crippen LogP contribution in [0.2, 0.25) is 0 Å². The van der Waals surface area contributed by atoms with Crippen LogP contribution in [0, 0.1) is 5.92 Å². The average Bonchev–Trinajstić information content (AvgIpc) is 2.31. The highest BCUT2D eigenvalue weighted by Crippen LogP contribution is 2.24. The van der Waals surface area contributed by atoms with Crippen molar-refractivity contribution in [2.24, 2.45) is 5.92 Å². The van der Waals surface area contributed by atoms with Crippen molar-refractivity contribution in [2.45, 2.75) is 39.5 Å². The molecule has 0 unspecified atom stereocenters. The van der Waals surface area contributed by atoms with E-state index >= 15 is 0 Å². The molecule has 62 valence electrons. The first-order valence-corrected chi connectivity index (χ1v) is 4.36. The number of carbonyl (C=O) groups is 1. The second-order valence-electron chi connectivity index (χ2n) is 3.57. The molecule has 1 saturated carbocycles. The number of Topliss-reactive ketones (excluding diaryl/α,β-unsaturated/α-hetero) is 1. The normalized spacial score (nSPS) is 23.8. The first-order chi connectivity index (χ1) is 5.20. The molecule has 0 aromatic carbocycles. The number of allylic oxidation sites excluding steroid dienone is 2. The Kier molecular flexibility index (Phi) is 2.86. The second-order valence-corrected chi connectivity index (χ2v) is 3.57. The van der Waals surface area contributed by atoms with Gasteiger partial charge in [-0.05, 0) is 33.1 Å². The van der Waals surface area contributed by atoms with Crippen molar-refractivity contribution in [3.05, 3.63) is 11.6 Å². The number of ketones is 1. The third-order valence-corrected chi connectivity index (χ3v) is 2.24. The summed E-state index contributed by atoms with van der Waals surface area (Å²) in [6.45, 7) is 4.17. The molecule has 0 radical (unpaired) electrons. The Morgan fingerprint density at radius 1 is 1.64 bits per heavy atom. The summed E-state index contributed by atoms with van der Waals surface area (Å²) in [4.78, 5) is 11.2. The lowest BCUT2D eigenvalue weighted by Gasteiger charge is -2.02. The Hall–Kier alpha value is -0.590. The maximum Gasteiger partial charge on any atom is 0.136 e. The zero-order chi connectivity index (χ0) is 8.27. The zero-order valence-electron chi connectivity index (χ0n) is 7.39. The van der Waals surface area contributed by atoms with Gasteiger partial charge in [-0.2, -0.15) is 0 Å². The second kappa shape index (κ2) is 3.70. The minimum absolute atomic E-state index is 0.352. The van der Waals surface area contributed by atoms with Gasteiger partial charge in [-0.25, -0.2) is 0 Å². The van der Waals surface area contributed by atoms with Gasteiger partial charge in [-0.15, -0.1) is 0 Å². The average molecular weight is 152 g/mol. The Bertz CT molecular complexity index is 175. The third-order valence-electron chi connectivity index (χ3n) is 2.24. The van der Waals surface area contributed by atoms with Crippen LogP contribution in [-0.4, -0.2) is 5.78 Å². The Labute approximate surface area is 68.5 Å². The van der Waals surface area contributed by atoms with E-state index in [0.29, 0.717) is 11.7 Å². The summed E-state index contributed by atoms with van der Waals surface area (Å²) in [5, 5.41) is 0. The van der Waals surface area contributed by atoms with Crippen molar-refractivity contribution < 1.29 is 4.79 Å². The van der Waals surface area contributed by atoms with Gasteiger partial charge in [0.2, 0.25) is 0 Å². The van der Waals surface area contributed by atoms with Gasteiger partial charge in [0.1, 0.15) is 5.78 Å². The van der Waals surface area contributed by atoms with Crippen LogP contribution in [0.15, 0.2) is 11.6 Å². The fourth-order valence-corrected chi connectivity index (χ4v) is 1.52. The van der Waals surface area contributed by atoms with Crippen LogP contribution in [0.4, 0.5) is 0 Å². The molecule has 1 fully saturated rings. The largest absolute Gasteiger partial charge is 0.299 e. The summed E-state index contributed by atoms with van der Waals surface area (Å²) in [5.74, 6) is 0.826. The van der Waals surface area contributed by atoms with Crippen LogP contribution in [-0.2, 0) is 4.79 Å². The van der Waals surface area contributed by atoms with Crippen molar-refractivity contribution in [1.29, 1.82) is 0 Å². The van der Waals surface area contributed by atoms with Crippen LogP contribution in [0.3, 0.4) is 0 Å². The minimum Gasteiger partial charge on any atom is -0.299 e. The van der Waals surface area contributed by atoms with E-state index in [-0.39, 0.29) is 0 Å². The topological polar surface area (TPSA) is 17.1 Å². The maximum atomic E-state index is 11.2. The predicted molar refractivity (Wildman–Crippen MR) is 46.4 cm³/mol. The number of carbonyl (C=O) groups excluding carboxylic acids is 1. The van der Waals surface area contributed by atoms with Crippen LogP contribution in [0.1, 0.15) is 39.5 Å². The van der Waals surface area contributed by atoms with Crippen molar-refractivity contribution in [3.63, 3.8) is 0 Å². The highest BCUT2D eigenvalue weighted by Gasteiger charge is 2.22. The standard InChI is InChI=1S/C10H16O/c1-8(2)6-7-9-4-3-5-10(9)11/h6,9H,3-5,7H2,1-2H3/t9-/m1/s1. The predicted octanol–water partition coefficient (Wildman–Crippen LogP) is 2.71. The van der Waals surface area contributed by atoms with Crippen LogP contribution in [0.25, 0.3) is 0 Å². The van der Waals surface area contributed by atoms with Crippen LogP contribution in [0.5, 0.6) is 0 Å². The summed E-state index contributed by atoms with van der Waals surface area (Å²) in [7, 11) is 0. The van der Waals surface area contributed by atoms with Gasteiger partial charge in [0.25, 0.3) is 0 Å². The van der Waals surface area contributed by atoms with Gasteiger partial charge in [-0.1, -0.05) is 11.6 Å². The molecule has 1 atom stereocenters. The molecule has 1 rings (SSSR count). The fourth-order valence-electron chi connectivity index (χ4n) is 1.52. The summed E-state index contributed by atoms with van der Waals surface area (Å²) in [6.07, 6.45) is 6.19. The van der Waals surface area contributed by atoms with E-state index in [1.807, 2.05) is 0 Å². The van der Waals surface area contributed by atoms with E-state index in [9.17, 15) is 4.79 Å². The molecule has 1 aliphatic rings. The summed E-state index contributed by atoms with van der Waals surface area (Å²) in [6, 6.07) is 0. The van der Waals surface area contributed by atoms with Gasteiger partial charge in [0.15, 0.2) is 0 Å². The molecule has 0 spiro atoms. The summed E-state index contributed by atoms with van der Waals surface area (Å²) in [5.41, 5.74) is 1.32. The molecule has 1 heteroatoms. The number of hydrogen-bond acceptors (Lipinski definition) is 1. The molecule has 11 heavy (non-hydrogen) atoms. The highest BCUT2D eigenvalue weighted by molar-refractivity contribution is 5.82. The lowest BCUT2D eigenvalue weighted by molar-refractivity contribution is -0.120. The van der Waals surface area contributed by atoms with Crippen LogP contribution >= 0.6 is 0 Å². The molecule has 0 aromatic rings. The van der Waals surface area contributed by atoms with Crippen molar-refractivity contribution in [1.82, 2.24) is 0 Å². The van der Waals surface area contributed by atoms with E-state index in [1.54, 1.807) is 0 Å². The smallest absolute Gasteiger partial charge is 0.136 e. The molecule has 0 aromatic heterocycles. The monoisotopic (exact) mass is 152 g/mol. The Morgan fingerprint density at radius 2 is 2.36 bits per heavy atom. The molecule has 0 amide bonds. The first-order valence-electron chi connectivity index (χ1n) is 4.36. The third kappa shape index (κ3) is 2.49. The van der Waals surface area contributed by atoms with Gasteiger partial charge in [0, 0.05) is 12.3 Å². The maximum absolute atomic E-state index is 11.2. The quantitative estimate of drug-likeness (QED) is 0.556. The van der Waals surface area contributed by atoms with E-state index in [1.165, 1.54) is 5.57 Å². The SMILES string of the molecule is CC(C)=CC[C@H]1CCCC1=O. The molecule has 0 aliphatic heterocycles. The van der Waals surface area contributed by atoms with Crippen molar-refractivity contribution in [2.75, 3.05) is 0 Å². The molecule has 1 aliphatic carbocycles. The highest BCUT2D eigenvalue weighted by atomic mass is 16.1. The van der Waals surface area contributed by atoms with Gasteiger partial charge >= 0.3 is 0 Å². The van der Waals surface area contributed by atoms with Crippen LogP contribution < -0.4 is 0 Å². The molecular formula is C10H16O. The summed E-state index contributed by atoms with van der Waals surface area (Å²) < 4.78 is 0. The van der Waals surface area contributed by atoms with E-state index < -0.39 is 0 Å². The molecule has 0 bridgehead atoms. The van der Waals surface area contributed by atoms with Crippen molar-refractivity contribution >= 4 is 5.78 Å². The van der Waals surface area contributed by atoms with E-state index in [0.717, 1.165) is 25.7 Å². The number of hydrogen-bond donors (Lipinski definition) is 0. The Morgan fingerprint density at radius 3 is 2.82 bits per heavy atom. The van der Waals surface area contributed by atoms with Gasteiger partial charge in [-0.3, -0.25) is 4.79 Å². The lowest BCUT2D eigenvalue weighted by atomic mass is 10.0. The van der Waals surface area contributed by atoms with E-state index in [2.05, 4.69) is 19.9 Å². The number of rotatable bonds is 2. The molecule has 0 heterocycles. The van der Waals surface area contributed by atoms with Gasteiger partial charge in [0.05, 0.1) is 0 Å². The Balaban J connectivity index is 2.37. The molecule has 0 N–H and O–H groups in total. The zero-order valence-corrected chi connectivity index (χ0v) is 7.39. The summed E-state index contributed by atoms with van der Waals surface area (Å²) >= 11 is 0. The van der Waals surface area contributed by atoms with Crippen molar-refractivity contribution in [3.8, 4) is 0 Å². The molecule has 1 nitrogen and oxygen atoms in total. The fraction of sp³-hybridized carbons (Fsp3) is 0.700. The molecule has 0 saturated heterocycles. The van der Waals surface area contributed by atoms with E-state index in [4.69, 9.17) is 0 Å². The first kappa shape index (κ1) is 8.51. The lowest BCUT2D eigenvalue weighted by Crippen LogP contribution is -2.04.